The third-order valence-corrected chi connectivity index (χ3v) is 11.8. The van der Waals surface area contributed by atoms with Gasteiger partial charge in [-0.2, -0.15) is 4.98 Å². The Morgan fingerprint density at radius 3 is 2.41 bits per heavy atom. The summed E-state index contributed by atoms with van der Waals surface area (Å²) in [5, 5.41) is 6.66. The van der Waals surface area contributed by atoms with E-state index in [-0.39, 0.29) is 42.1 Å². The number of amides is 4. The molecule has 2 N–H and O–H groups in total. The smallest absolute Gasteiger partial charge is 0.293 e. The highest BCUT2D eigenvalue weighted by Gasteiger charge is 2.45. The maximum atomic E-state index is 13.3. The summed E-state index contributed by atoms with van der Waals surface area (Å²) in [6.45, 7) is 7.43. The number of carbonyl (C=O) groups excluding carboxylic acids is 5. The number of piperidine rings is 2. The van der Waals surface area contributed by atoms with Gasteiger partial charge in [0.1, 0.15) is 17.7 Å². The third kappa shape index (κ3) is 7.73. The predicted octanol–water partition coefficient (Wildman–Crippen LogP) is 3.52. The number of rotatable bonds is 11. The van der Waals surface area contributed by atoms with Gasteiger partial charge in [0.25, 0.3) is 17.4 Å². The van der Waals surface area contributed by atoms with Crippen LogP contribution in [0, 0.1) is 5.92 Å². The van der Waals surface area contributed by atoms with Gasteiger partial charge in [-0.25, -0.2) is 4.98 Å². The molecule has 0 spiro atoms. The number of piperazine rings is 1. The molecule has 0 bridgehead atoms. The number of aromatic nitrogens is 3. The van der Waals surface area contributed by atoms with E-state index in [9.17, 15) is 28.8 Å². The van der Waals surface area contributed by atoms with E-state index < -0.39 is 29.7 Å². The zero-order valence-electron chi connectivity index (χ0n) is 32.3. The first kappa shape index (κ1) is 39.0. The van der Waals surface area contributed by atoms with Gasteiger partial charge in [0.05, 0.1) is 22.8 Å². The van der Waals surface area contributed by atoms with E-state index in [1.165, 1.54) is 4.57 Å². The molecule has 0 aliphatic carbocycles. The molecule has 0 saturated carbocycles. The Hall–Kier alpha value is -5.87. The van der Waals surface area contributed by atoms with Crippen LogP contribution in [-0.2, 0) is 21.4 Å². The van der Waals surface area contributed by atoms with E-state index in [0.29, 0.717) is 45.9 Å². The van der Waals surface area contributed by atoms with Crippen molar-refractivity contribution in [2.45, 2.75) is 45.1 Å². The minimum absolute atomic E-state index is 0.0832. The van der Waals surface area contributed by atoms with Crippen molar-refractivity contribution in [2.24, 2.45) is 13.0 Å². The lowest BCUT2D eigenvalue weighted by molar-refractivity contribution is -0.136. The molecule has 58 heavy (non-hydrogen) atoms. The Kier molecular flexibility index (Phi) is 10.9. The Morgan fingerprint density at radius 2 is 1.67 bits per heavy atom. The molecular formula is C41H44ClN9O7. The molecule has 1 unspecified atom stereocenters. The number of pyridine rings is 1. The second kappa shape index (κ2) is 16.2. The Balaban J connectivity index is 0.842. The minimum atomic E-state index is -0.983. The Bertz CT molecular complexity index is 2390. The van der Waals surface area contributed by atoms with Crippen LogP contribution < -0.4 is 30.7 Å². The highest BCUT2D eigenvalue weighted by molar-refractivity contribution is 6.33. The monoisotopic (exact) mass is 809 g/mol. The normalized spacial score (nSPS) is 19.2. The lowest BCUT2D eigenvalue weighted by atomic mass is 9.95. The number of ketones is 1. The number of fused-ring (bicyclic) bond motifs is 2. The molecule has 4 aliphatic heterocycles. The summed E-state index contributed by atoms with van der Waals surface area (Å²) in [5.41, 5.74) is 2.56. The maximum Gasteiger partial charge on any atom is 0.293 e. The van der Waals surface area contributed by atoms with Crippen LogP contribution in [0.5, 0.6) is 5.75 Å². The van der Waals surface area contributed by atoms with Gasteiger partial charge in [-0.3, -0.25) is 43.9 Å². The molecule has 8 rings (SSSR count). The fourth-order valence-electron chi connectivity index (χ4n) is 8.15. The van der Waals surface area contributed by atoms with Gasteiger partial charge in [0.15, 0.2) is 17.4 Å². The van der Waals surface area contributed by atoms with Crippen LogP contribution in [0.15, 0.2) is 53.5 Å². The van der Waals surface area contributed by atoms with Crippen molar-refractivity contribution in [3.8, 4) is 5.75 Å². The molecule has 3 fully saturated rings. The topological polar surface area (TPSA) is 179 Å². The number of imide groups is 2. The van der Waals surface area contributed by atoms with Crippen molar-refractivity contribution in [3.05, 3.63) is 75.2 Å². The largest absolute Gasteiger partial charge is 0.480 e. The highest BCUT2D eigenvalue weighted by Crippen LogP contribution is 2.33. The van der Waals surface area contributed by atoms with Crippen LogP contribution in [-0.4, -0.2) is 112 Å². The summed E-state index contributed by atoms with van der Waals surface area (Å²) in [5.74, 6) is -0.446. The molecule has 4 amide bonds. The standard InChI is InChI=1S/C41H44ClN9O7/c1-3-28(52)23-58-34-19-25-18-26(4-7-32(25)47(2)40(34)57)44-36-31(42)21-43-41(46-36)50-16-14-48(15-17-50)22-24-10-12-49(13-11-24)27-5-6-29-30(20-27)39(56)51(38(29)55)33-8-9-35(53)45-37(33)54/h4-7,18-21,24,33H,3,8-17,22-23H2,1-2H3,(H,43,44,46)(H,45,53,54). The van der Waals surface area contributed by atoms with E-state index in [1.807, 2.05) is 24.3 Å². The van der Waals surface area contributed by atoms with Crippen molar-refractivity contribution in [1.29, 1.82) is 0 Å². The number of carbonyl (C=O) groups is 5. The number of halogens is 1. The molecule has 302 valence electrons. The van der Waals surface area contributed by atoms with Crippen molar-refractivity contribution in [2.75, 3.05) is 67.5 Å². The maximum absolute atomic E-state index is 13.3. The summed E-state index contributed by atoms with van der Waals surface area (Å²) in [4.78, 5) is 92.4. The minimum Gasteiger partial charge on any atom is -0.480 e. The molecule has 2 aromatic carbocycles. The Labute approximate surface area is 339 Å². The average molecular weight is 810 g/mol. The first-order chi connectivity index (χ1) is 28.0. The van der Waals surface area contributed by atoms with Gasteiger partial charge in [0.2, 0.25) is 17.8 Å². The van der Waals surface area contributed by atoms with Crippen LogP contribution in [0.1, 0.15) is 59.7 Å². The highest BCUT2D eigenvalue weighted by atomic mass is 35.5. The van der Waals surface area contributed by atoms with Crippen LogP contribution in [0.4, 0.5) is 23.1 Å². The number of nitrogens with zero attached hydrogens (tertiary/aromatic N) is 7. The van der Waals surface area contributed by atoms with Crippen molar-refractivity contribution in [1.82, 2.24) is 29.7 Å². The van der Waals surface area contributed by atoms with Crippen molar-refractivity contribution < 1.29 is 28.7 Å². The van der Waals surface area contributed by atoms with E-state index in [1.54, 1.807) is 38.4 Å². The number of ether oxygens (including phenoxy) is 1. The average Bonchev–Trinajstić information content (AvgIpc) is 3.47. The van der Waals surface area contributed by atoms with Crippen LogP contribution in [0.25, 0.3) is 10.9 Å². The fourth-order valence-corrected chi connectivity index (χ4v) is 8.29. The quantitative estimate of drug-likeness (QED) is 0.211. The Morgan fingerprint density at radius 1 is 0.914 bits per heavy atom. The summed E-state index contributed by atoms with van der Waals surface area (Å²) in [7, 11) is 1.66. The lowest BCUT2D eigenvalue weighted by Crippen LogP contribution is -2.54. The van der Waals surface area contributed by atoms with Gasteiger partial charge < -0.3 is 24.4 Å². The van der Waals surface area contributed by atoms with Gasteiger partial charge in [-0.15, -0.1) is 0 Å². The first-order valence-corrected chi connectivity index (χ1v) is 20.0. The van der Waals surface area contributed by atoms with E-state index >= 15 is 0 Å². The molecule has 2 aromatic heterocycles. The van der Waals surface area contributed by atoms with Crippen LogP contribution >= 0.6 is 11.6 Å². The number of benzene rings is 2. The molecule has 16 nitrogen and oxygen atoms in total. The van der Waals surface area contributed by atoms with Crippen molar-refractivity contribution >= 4 is 75.1 Å². The van der Waals surface area contributed by atoms with Gasteiger partial charge in [0, 0.05) is 82.5 Å². The summed E-state index contributed by atoms with van der Waals surface area (Å²) in [6, 6.07) is 11.5. The van der Waals surface area contributed by atoms with Crippen molar-refractivity contribution in [3.63, 3.8) is 0 Å². The molecular weight excluding hydrogens is 766 g/mol. The molecule has 17 heteroatoms. The third-order valence-electron chi connectivity index (χ3n) is 11.5. The molecule has 4 aromatic rings. The fraction of sp³-hybridized carbons (Fsp3) is 0.415. The second-order valence-corrected chi connectivity index (χ2v) is 15.6. The summed E-state index contributed by atoms with van der Waals surface area (Å²) >= 11 is 6.55. The predicted molar refractivity (Wildman–Crippen MR) is 217 cm³/mol. The number of hydrogen-bond acceptors (Lipinski definition) is 13. The van der Waals surface area contributed by atoms with Crippen LogP contribution in [0.2, 0.25) is 5.02 Å². The SMILES string of the molecule is CCC(=O)COc1cc2cc(Nc3nc(N4CCN(CC5CCN(c6ccc7c(c6)C(=O)N(C6CCC(=O)NC6=O)C7=O)CC5)CC4)ncc3Cl)ccc2n(C)c1=O. The van der Waals surface area contributed by atoms with Gasteiger partial charge in [-0.1, -0.05) is 18.5 Å². The number of aryl methyl sites for hydroxylation is 1. The lowest BCUT2D eigenvalue weighted by Gasteiger charge is -2.39. The second-order valence-electron chi connectivity index (χ2n) is 15.2. The molecule has 3 saturated heterocycles. The number of hydrogen-bond donors (Lipinski definition) is 2. The van der Waals surface area contributed by atoms with Crippen LogP contribution in [0.3, 0.4) is 0 Å². The van der Waals surface area contributed by atoms with E-state index in [4.69, 9.17) is 21.3 Å². The zero-order chi connectivity index (χ0) is 40.7. The molecule has 4 aliphatic rings. The zero-order valence-corrected chi connectivity index (χ0v) is 33.1. The number of anilines is 4. The molecule has 0 radical (unpaired) electrons. The number of Topliss-reactive ketones (excluding diaryl/α,β-unsaturated/α-hetero) is 1. The van der Waals surface area contributed by atoms with E-state index in [2.05, 4.69) is 30.3 Å². The molecule has 1 atom stereocenters. The summed E-state index contributed by atoms with van der Waals surface area (Å²) < 4.78 is 7.05. The van der Waals surface area contributed by atoms with E-state index in [0.717, 1.165) is 74.6 Å². The first-order valence-electron chi connectivity index (χ1n) is 19.6. The van der Waals surface area contributed by atoms with Gasteiger partial charge in [-0.05, 0) is 67.6 Å². The summed E-state index contributed by atoms with van der Waals surface area (Å²) in [6.07, 6.45) is 4.10. The number of nitrogens with one attached hydrogen (secondary N) is 2. The van der Waals surface area contributed by atoms with Gasteiger partial charge >= 0.3 is 0 Å². The molecule has 6 heterocycles.